The van der Waals surface area contributed by atoms with Crippen molar-refractivity contribution >= 4 is 0 Å². The van der Waals surface area contributed by atoms with Gasteiger partial charge in [-0.05, 0) is 30.7 Å². The Hall–Kier alpha value is -2.01. The second-order valence-electron chi connectivity index (χ2n) is 4.46. The number of ether oxygens (including phenoxy) is 2. The molecule has 2 aromatic rings. The minimum atomic E-state index is -0.268. The van der Waals surface area contributed by atoms with Crippen molar-refractivity contribution in [3.05, 3.63) is 41.2 Å². The molecule has 0 saturated carbocycles. The molecule has 102 valence electrons. The van der Waals surface area contributed by atoms with E-state index in [1.54, 1.807) is 18.9 Å². The van der Waals surface area contributed by atoms with E-state index in [0.29, 0.717) is 0 Å². The van der Waals surface area contributed by atoms with E-state index >= 15 is 0 Å². The summed E-state index contributed by atoms with van der Waals surface area (Å²) in [6.07, 6.45) is 0. The van der Waals surface area contributed by atoms with Gasteiger partial charge in [-0.1, -0.05) is 0 Å². The van der Waals surface area contributed by atoms with Gasteiger partial charge in [0.25, 0.3) is 0 Å². The second kappa shape index (κ2) is 5.32. The number of hydrogen-bond donors (Lipinski definition) is 1. The van der Waals surface area contributed by atoms with E-state index in [1.165, 1.54) is 0 Å². The van der Waals surface area contributed by atoms with E-state index < -0.39 is 0 Å². The third-order valence-corrected chi connectivity index (χ3v) is 3.09. The molecule has 1 aromatic heterocycles. The molecule has 0 aliphatic heterocycles. The summed E-state index contributed by atoms with van der Waals surface area (Å²) in [5.41, 5.74) is 9.13. The van der Waals surface area contributed by atoms with Gasteiger partial charge in [-0.15, -0.1) is 0 Å². The molecule has 5 heteroatoms. The Labute approximate surface area is 112 Å². The largest absolute Gasteiger partial charge is 0.497 e. The zero-order valence-corrected chi connectivity index (χ0v) is 11.7. The molecule has 0 fully saturated rings. The van der Waals surface area contributed by atoms with Crippen molar-refractivity contribution in [2.24, 2.45) is 12.8 Å². The maximum absolute atomic E-state index is 6.31. The van der Waals surface area contributed by atoms with Crippen molar-refractivity contribution < 1.29 is 9.47 Å². The van der Waals surface area contributed by atoms with Gasteiger partial charge in [0.2, 0.25) is 0 Å². The third kappa shape index (κ3) is 2.71. The van der Waals surface area contributed by atoms with Crippen LogP contribution in [-0.2, 0) is 7.05 Å². The van der Waals surface area contributed by atoms with E-state index in [4.69, 9.17) is 15.2 Å². The lowest BCUT2D eigenvalue weighted by atomic mass is 10.0. The van der Waals surface area contributed by atoms with Crippen LogP contribution in [0.25, 0.3) is 0 Å². The topological polar surface area (TPSA) is 62.3 Å². The maximum Gasteiger partial charge on any atom is 0.122 e. The van der Waals surface area contributed by atoms with Crippen molar-refractivity contribution in [2.45, 2.75) is 13.0 Å². The molecule has 0 aliphatic rings. The van der Waals surface area contributed by atoms with E-state index in [2.05, 4.69) is 5.10 Å². The highest BCUT2D eigenvalue weighted by atomic mass is 16.5. The number of rotatable bonds is 4. The second-order valence-corrected chi connectivity index (χ2v) is 4.46. The van der Waals surface area contributed by atoms with Crippen LogP contribution in [0.2, 0.25) is 0 Å². The van der Waals surface area contributed by atoms with Crippen molar-refractivity contribution in [2.75, 3.05) is 14.2 Å². The maximum atomic E-state index is 6.31. The van der Waals surface area contributed by atoms with Gasteiger partial charge in [-0.3, -0.25) is 4.68 Å². The van der Waals surface area contributed by atoms with Gasteiger partial charge in [-0.2, -0.15) is 5.10 Å². The summed E-state index contributed by atoms with van der Waals surface area (Å²) < 4.78 is 12.3. The van der Waals surface area contributed by atoms with Crippen molar-refractivity contribution in [1.29, 1.82) is 0 Å². The van der Waals surface area contributed by atoms with Crippen LogP contribution in [0.3, 0.4) is 0 Å². The predicted molar refractivity (Wildman–Crippen MR) is 73.5 cm³/mol. The van der Waals surface area contributed by atoms with Crippen LogP contribution in [-0.4, -0.2) is 24.0 Å². The molecule has 1 heterocycles. The summed E-state index contributed by atoms with van der Waals surface area (Å²) in [5, 5.41) is 4.32. The van der Waals surface area contributed by atoms with Crippen LogP contribution < -0.4 is 15.2 Å². The lowest BCUT2D eigenvalue weighted by molar-refractivity contribution is 0.393. The molecule has 0 amide bonds. The average Bonchev–Trinajstić information content (AvgIpc) is 2.76. The fourth-order valence-electron chi connectivity index (χ4n) is 2.10. The SMILES string of the molecule is COc1cc(OC)cc(C(N)c2cc(C)nn2C)c1. The average molecular weight is 261 g/mol. The molecule has 1 unspecified atom stereocenters. The minimum Gasteiger partial charge on any atom is -0.497 e. The van der Waals surface area contributed by atoms with Crippen LogP contribution >= 0.6 is 0 Å². The number of benzene rings is 1. The Morgan fingerprint density at radius 3 is 2.11 bits per heavy atom. The van der Waals surface area contributed by atoms with Crippen LogP contribution in [0.5, 0.6) is 11.5 Å². The summed E-state index contributed by atoms with van der Waals surface area (Å²) in [6, 6.07) is 7.36. The lowest BCUT2D eigenvalue weighted by Gasteiger charge is -2.15. The van der Waals surface area contributed by atoms with Crippen LogP contribution in [0.4, 0.5) is 0 Å². The third-order valence-electron chi connectivity index (χ3n) is 3.09. The number of hydrogen-bond acceptors (Lipinski definition) is 4. The molecular formula is C14H19N3O2. The molecule has 1 aromatic carbocycles. The molecule has 0 spiro atoms. The van der Waals surface area contributed by atoms with Crippen LogP contribution in [0.15, 0.2) is 24.3 Å². The van der Waals surface area contributed by atoms with Gasteiger partial charge in [0, 0.05) is 13.1 Å². The first kappa shape index (κ1) is 13.4. The molecular weight excluding hydrogens is 242 g/mol. The summed E-state index contributed by atoms with van der Waals surface area (Å²) >= 11 is 0. The van der Waals surface area contributed by atoms with Crippen molar-refractivity contribution in [1.82, 2.24) is 9.78 Å². The molecule has 5 nitrogen and oxygen atoms in total. The number of nitrogens with two attached hydrogens (primary N) is 1. The quantitative estimate of drug-likeness (QED) is 0.911. The van der Waals surface area contributed by atoms with E-state index in [9.17, 15) is 0 Å². The van der Waals surface area contributed by atoms with Gasteiger partial charge in [0.15, 0.2) is 0 Å². The number of aromatic nitrogens is 2. The normalized spacial score (nSPS) is 12.3. The molecule has 1 atom stereocenters. The van der Waals surface area contributed by atoms with E-state index in [0.717, 1.165) is 28.5 Å². The summed E-state index contributed by atoms with van der Waals surface area (Å²) in [7, 11) is 5.14. The first-order valence-corrected chi connectivity index (χ1v) is 6.04. The Kier molecular flexibility index (Phi) is 3.76. The highest BCUT2D eigenvalue weighted by molar-refractivity contribution is 5.42. The molecule has 0 aliphatic carbocycles. The standard InChI is InChI=1S/C14H19N3O2/c1-9-5-13(17(2)16-9)14(15)10-6-11(18-3)8-12(7-10)19-4/h5-8,14H,15H2,1-4H3. The predicted octanol–water partition coefficient (Wildman–Crippen LogP) is 1.79. The minimum absolute atomic E-state index is 0.268. The smallest absolute Gasteiger partial charge is 0.122 e. The van der Waals surface area contributed by atoms with Gasteiger partial charge < -0.3 is 15.2 Å². The van der Waals surface area contributed by atoms with Crippen LogP contribution in [0, 0.1) is 6.92 Å². The van der Waals surface area contributed by atoms with E-state index in [-0.39, 0.29) is 6.04 Å². The van der Waals surface area contributed by atoms with Crippen molar-refractivity contribution in [3.63, 3.8) is 0 Å². The van der Waals surface area contributed by atoms with Gasteiger partial charge in [0.05, 0.1) is 31.6 Å². The fourth-order valence-corrected chi connectivity index (χ4v) is 2.10. The Balaban J connectivity index is 2.43. The summed E-state index contributed by atoms with van der Waals surface area (Å²) in [5.74, 6) is 1.45. The number of nitrogens with zero attached hydrogens (tertiary/aromatic N) is 2. The van der Waals surface area contributed by atoms with Gasteiger partial charge >= 0.3 is 0 Å². The zero-order chi connectivity index (χ0) is 14.0. The molecule has 19 heavy (non-hydrogen) atoms. The van der Waals surface area contributed by atoms with E-state index in [1.807, 2.05) is 38.2 Å². The first-order valence-electron chi connectivity index (χ1n) is 6.04. The van der Waals surface area contributed by atoms with Crippen molar-refractivity contribution in [3.8, 4) is 11.5 Å². The molecule has 0 radical (unpaired) electrons. The molecule has 2 N–H and O–H groups in total. The highest BCUT2D eigenvalue weighted by Crippen LogP contribution is 2.28. The van der Waals surface area contributed by atoms with Crippen LogP contribution in [0.1, 0.15) is 23.0 Å². The monoisotopic (exact) mass is 261 g/mol. The number of aryl methyl sites for hydroxylation is 2. The molecule has 0 bridgehead atoms. The number of methoxy groups -OCH3 is 2. The Morgan fingerprint density at radius 1 is 1.11 bits per heavy atom. The summed E-state index contributed by atoms with van der Waals surface area (Å²) in [6.45, 7) is 1.95. The molecule has 0 saturated heterocycles. The lowest BCUT2D eigenvalue weighted by Crippen LogP contribution is -2.16. The molecule has 2 rings (SSSR count). The fraction of sp³-hybridized carbons (Fsp3) is 0.357. The first-order chi connectivity index (χ1) is 9.05. The summed E-state index contributed by atoms with van der Waals surface area (Å²) in [4.78, 5) is 0. The van der Waals surface area contributed by atoms with Gasteiger partial charge in [-0.25, -0.2) is 0 Å². The van der Waals surface area contributed by atoms with Gasteiger partial charge in [0.1, 0.15) is 11.5 Å². The highest BCUT2D eigenvalue weighted by Gasteiger charge is 2.16. The Morgan fingerprint density at radius 2 is 1.68 bits per heavy atom. The zero-order valence-electron chi connectivity index (χ0n) is 11.7. The Bertz CT molecular complexity index is 556.